The van der Waals surface area contributed by atoms with Crippen LogP contribution in [0.3, 0.4) is 0 Å². The van der Waals surface area contributed by atoms with Crippen molar-refractivity contribution in [2.45, 2.75) is 13.0 Å². The lowest BCUT2D eigenvalue weighted by atomic mass is 10.1. The highest BCUT2D eigenvalue weighted by atomic mass is 79.9. The second kappa shape index (κ2) is 6.28. The van der Waals surface area contributed by atoms with E-state index in [2.05, 4.69) is 37.2 Å². The van der Waals surface area contributed by atoms with Crippen LogP contribution in [0.1, 0.15) is 23.4 Å². The number of thiophene rings is 1. The molecule has 2 rings (SSSR count). The van der Waals surface area contributed by atoms with E-state index in [1.165, 1.54) is 6.07 Å². The summed E-state index contributed by atoms with van der Waals surface area (Å²) in [5.74, 6) is -0.227. The first-order valence-corrected chi connectivity index (χ1v) is 8.00. The van der Waals surface area contributed by atoms with Crippen LogP contribution in [-0.4, -0.2) is 6.54 Å². The maximum absolute atomic E-state index is 13.5. The highest BCUT2D eigenvalue weighted by Crippen LogP contribution is 2.34. The number of benzene rings is 1. The fourth-order valence-corrected chi connectivity index (χ4v) is 4.01. The molecule has 1 atom stereocenters. The van der Waals surface area contributed by atoms with E-state index in [1.54, 1.807) is 17.4 Å². The number of rotatable bonds is 4. The average Bonchev–Trinajstić information content (AvgIpc) is 2.71. The molecule has 0 aliphatic rings. The van der Waals surface area contributed by atoms with Gasteiger partial charge in [0, 0.05) is 13.8 Å². The van der Waals surface area contributed by atoms with Gasteiger partial charge in [-0.3, -0.25) is 0 Å². The SMILES string of the molecule is CCNC(c1cc(F)cc(Br)c1)c1sccc1Br. The monoisotopic (exact) mass is 391 g/mol. The standard InChI is InChI=1S/C13H12Br2FNS/c1-2-17-12(13-11(15)3-4-18-13)8-5-9(14)7-10(16)6-8/h3-7,12,17H,2H2,1H3. The molecule has 1 nitrogen and oxygen atoms in total. The predicted molar refractivity (Wildman–Crippen MR) is 81.6 cm³/mol. The maximum atomic E-state index is 13.5. The largest absolute Gasteiger partial charge is 0.306 e. The molecule has 18 heavy (non-hydrogen) atoms. The fourth-order valence-electron chi connectivity index (χ4n) is 1.82. The van der Waals surface area contributed by atoms with Gasteiger partial charge >= 0.3 is 0 Å². The second-order valence-electron chi connectivity index (χ2n) is 3.83. The molecular formula is C13H12Br2FNS. The molecule has 2 aromatic rings. The molecule has 1 aromatic carbocycles. The van der Waals surface area contributed by atoms with Gasteiger partial charge in [-0.05, 0) is 57.7 Å². The fraction of sp³-hybridized carbons (Fsp3) is 0.231. The Hall–Kier alpha value is -0.230. The lowest BCUT2D eigenvalue weighted by molar-refractivity contribution is 0.605. The van der Waals surface area contributed by atoms with E-state index in [1.807, 2.05) is 24.4 Å². The Bertz CT molecular complexity index is 521. The highest BCUT2D eigenvalue weighted by Gasteiger charge is 2.18. The summed E-state index contributed by atoms with van der Waals surface area (Å²) in [5.41, 5.74) is 0.923. The van der Waals surface area contributed by atoms with E-state index in [9.17, 15) is 4.39 Å². The molecule has 1 N–H and O–H groups in total. The minimum atomic E-state index is -0.227. The van der Waals surface area contributed by atoms with Gasteiger partial charge in [-0.1, -0.05) is 22.9 Å². The first kappa shape index (κ1) is 14.2. The number of hydrogen-bond acceptors (Lipinski definition) is 2. The van der Waals surface area contributed by atoms with E-state index < -0.39 is 0 Å². The van der Waals surface area contributed by atoms with Crippen LogP contribution in [0.15, 0.2) is 38.6 Å². The molecule has 0 saturated carbocycles. The summed E-state index contributed by atoms with van der Waals surface area (Å²) in [6, 6.07) is 7.01. The van der Waals surface area contributed by atoms with E-state index in [-0.39, 0.29) is 11.9 Å². The van der Waals surface area contributed by atoms with Gasteiger partial charge in [-0.25, -0.2) is 4.39 Å². The summed E-state index contributed by atoms with van der Waals surface area (Å²) < 4.78 is 15.3. The van der Waals surface area contributed by atoms with Crippen LogP contribution in [0.2, 0.25) is 0 Å². The van der Waals surface area contributed by atoms with Gasteiger partial charge in [-0.15, -0.1) is 11.3 Å². The van der Waals surface area contributed by atoms with Crippen molar-refractivity contribution >= 4 is 43.2 Å². The van der Waals surface area contributed by atoms with Crippen molar-refractivity contribution in [3.8, 4) is 0 Å². The zero-order valence-corrected chi connectivity index (χ0v) is 13.7. The molecule has 0 radical (unpaired) electrons. The second-order valence-corrected chi connectivity index (χ2v) is 6.54. The van der Waals surface area contributed by atoms with Crippen LogP contribution in [-0.2, 0) is 0 Å². The van der Waals surface area contributed by atoms with Crippen molar-refractivity contribution < 1.29 is 4.39 Å². The van der Waals surface area contributed by atoms with E-state index in [0.717, 1.165) is 25.9 Å². The van der Waals surface area contributed by atoms with E-state index >= 15 is 0 Å². The van der Waals surface area contributed by atoms with Crippen molar-refractivity contribution in [3.63, 3.8) is 0 Å². The average molecular weight is 393 g/mol. The zero-order chi connectivity index (χ0) is 13.1. The minimum absolute atomic E-state index is 0.0105. The molecule has 1 unspecified atom stereocenters. The van der Waals surface area contributed by atoms with Gasteiger partial charge in [0.1, 0.15) is 5.82 Å². The Morgan fingerprint density at radius 2 is 2.11 bits per heavy atom. The molecule has 0 bridgehead atoms. The summed E-state index contributed by atoms with van der Waals surface area (Å²) >= 11 is 8.53. The summed E-state index contributed by atoms with van der Waals surface area (Å²) in [4.78, 5) is 1.16. The lowest BCUT2D eigenvalue weighted by Crippen LogP contribution is -2.21. The molecule has 1 aromatic heterocycles. The van der Waals surface area contributed by atoms with Crippen LogP contribution in [0.25, 0.3) is 0 Å². The molecule has 96 valence electrons. The third-order valence-electron chi connectivity index (χ3n) is 2.53. The summed E-state index contributed by atoms with van der Waals surface area (Å²) in [6.45, 7) is 2.87. The first-order valence-electron chi connectivity index (χ1n) is 5.54. The van der Waals surface area contributed by atoms with E-state index in [4.69, 9.17) is 0 Å². The topological polar surface area (TPSA) is 12.0 Å². The normalized spacial score (nSPS) is 12.7. The first-order chi connectivity index (χ1) is 8.61. The summed E-state index contributed by atoms with van der Waals surface area (Å²) in [7, 11) is 0. The molecule has 0 aliphatic carbocycles. The lowest BCUT2D eigenvalue weighted by Gasteiger charge is -2.18. The Morgan fingerprint density at radius 3 is 2.67 bits per heavy atom. The van der Waals surface area contributed by atoms with Crippen LogP contribution in [0.4, 0.5) is 4.39 Å². The van der Waals surface area contributed by atoms with Gasteiger partial charge in [0.05, 0.1) is 6.04 Å². The molecule has 1 heterocycles. The third-order valence-corrected chi connectivity index (χ3v) is 4.93. The van der Waals surface area contributed by atoms with Gasteiger partial charge in [0.25, 0.3) is 0 Å². The Kier molecular flexibility index (Phi) is 4.95. The molecule has 0 aliphatic heterocycles. The minimum Gasteiger partial charge on any atom is -0.306 e. The smallest absolute Gasteiger partial charge is 0.124 e. The van der Waals surface area contributed by atoms with Gasteiger partial charge < -0.3 is 5.32 Å². The van der Waals surface area contributed by atoms with Gasteiger partial charge in [0.15, 0.2) is 0 Å². The highest BCUT2D eigenvalue weighted by molar-refractivity contribution is 9.10. The molecule has 5 heteroatoms. The molecular weight excluding hydrogens is 381 g/mol. The van der Waals surface area contributed by atoms with Crippen LogP contribution >= 0.6 is 43.2 Å². The van der Waals surface area contributed by atoms with Crippen molar-refractivity contribution in [1.82, 2.24) is 5.32 Å². The summed E-state index contributed by atoms with van der Waals surface area (Å²) in [6.07, 6.45) is 0. The molecule has 0 saturated heterocycles. The Balaban J connectivity index is 2.44. The van der Waals surface area contributed by atoms with Crippen LogP contribution < -0.4 is 5.32 Å². The van der Waals surface area contributed by atoms with Crippen molar-refractivity contribution in [1.29, 1.82) is 0 Å². The Morgan fingerprint density at radius 1 is 1.33 bits per heavy atom. The number of hydrogen-bond donors (Lipinski definition) is 1. The molecule has 0 spiro atoms. The molecule has 0 amide bonds. The zero-order valence-electron chi connectivity index (χ0n) is 9.71. The number of nitrogens with one attached hydrogen (secondary N) is 1. The van der Waals surface area contributed by atoms with Crippen molar-refractivity contribution in [3.05, 3.63) is 54.8 Å². The van der Waals surface area contributed by atoms with Gasteiger partial charge in [0.2, 0.25) is 0 Å². The quantitative estimate of drug-likeness (QED) is 0.762. The Labute approximate surface area is 127 Å². The van der Waals surface area contributed by atoms with Crippen molar-refractivity contribution in [2.24, 2.45) is 0 Å². The van der Waals surface area contributed by atoms with Crippen LogP contribution in [0, 0.1) is 5.82 Å². The molecule has 0 fully saturated rings. The number of halogens is 3. The predicted octanol–water partition coefficient (Wildman–Crippen LogP) is 5.11. The van der Waals surface area contributed by atoms with E-state index in [0.29, 0.717) is 0 Å². The third kappa shape index (κ3) is 3.20. The summed E-state index contributed by atoms with van der Waals surface area (Å²) in [5, 5.41) is 5.42. The van der Waals surface area contributed by atoms with Crippen molar-refractivity contribution in [2.75, 3.05) is 6.54 Å². The maximum Gasteiger partial charge on any atom is 0.124 e. The van der Waals surface area contributed by atoms with Crippen LogP contribution in [0.5, 0.6) is 0 Å². The van der Waals surface area contributed by atoms with Gasteiger partial charge in [-0.2, -0.15) is 0 Å².